The molecule has 0 aliphatic carbocycles. The van der Waals surface area contributed by atoms with Crippen LogP contribution in [-0.2, 0) is 4.79 Å². The molecule has 0 saturated heterocycles. The van der Waals surface area contributed by atoms with Crippen LogP contribution in [0.3, 0.4) is 0 Å². The first-order valence-electron chi connectivity index (χ1n) is 7.38. The molecule has 0 saturated carbocycles. The number of benzene rings is 2. The average molecular weight is 309 g/mol. The Morgan fingerprint density at radius 1 is 1.13 bits per heavy atom. The molecule has 1 N–H and O–H groups in total. The summed E-state index contributed by atoms with van der Waals surface area (Å²) < 4.78 is 5.26. The minimum absolute atomic E-state index is 0.0788. The summed E-state index contributed by atoms with van der Waals surface area (Å²) in [5.74, 6) is 0.682. The van der Waals surface area contributed by atoms with Crippen molar-refractivity contribution in [1.29, 1.82) is 0 Å². The molecule has 0 fully saturated rings. The quantitative estimate of drug-likeness (QED) is 0.946. The number of amides is 1. The van der Waals surface area contributed by atoms with E-state index in [0.717, 1.165) is 28.3 Å². The minimum atomic E-state index is -0.0788. The zero-order valence-electron chi connectivity index (χ0n) is 13.4. The van der Waals surface area contributed by atoms with Crippen LogP contribution in [0, 0.1) is 6.92 Å². The lowest BCUT2D eigenvalue weighted by Gasteiger charge is -2.22. The molecular weight excluding hydrogens is 290 g/mol. The lowest BCUT2D eigenvalue weighted by molar-refractivity contribution is -0.127. The molecule has 1 aliphatic rings. The molecule has 0 atom stereocenters. The molecule has 3 rings (SSSR count). The maximum atomic E-state index is 12.0. The largest absolute Gasteiger partial charge is 0.497 e. The highest BCUT2D eigenvalue weighted by molar-refractivity contribution is 5.87. The highest BCUT2D eigenvalue weighted by atomic mass is 16.5. The van der Waals surface area contributed by atoms with Gasteiger partial charge in [-0.25, -0.2) is 5.01 Å². The van der Waals surface area contributed by atoms with Gasteiger partial charge in [-0.05, 0) is 24.6 Å². The van der Waals surface area contributed by atoms with E-state index < -0.39 is 0 Å². The average Bonchev–Trinajstić information content (AvgIpc) is 3.01. The number of anilines is 1. The SMILES string of the molecule is COc1cccc(N2C=C(c3ccccc3C)N(C(C)=O)N2)c1. The summed E-state index contributed by atoms with van der Waals surface area (Å²) in [6.07, 6.45) is 1.92. The predicted octanol–water partition coefficient (Wildman–Crippen LogP) is 3.09. The molecule has 1 heterocycles. The Labute approximate surface area is 135 Å². The van der Waals surface area contributed by atoms with Crippen LogP contribution in [-0.4, -0.2) is 18.0 Å². The van der Waals surface area contributed by atoms with E-state index in [1.807, 2.05) is 66.7 Å². The zero-order chi connectivity index (χ0) is 16.4. The van der Waals surface area contributed by atoms with E-state index in [-0.39, 0.29) is 5.91 Å². The fourth-order valence-electron chi connectivity index (χ4n) is 2.55. The molecule has 118 valence electrons. The van der Waals surface area contributed by atoms with Crippen LogP contribution < -0.4 is 15.3 Å². The van der Waals surface area contributed by atoms with Gasteiger partial charge in [0.1, 0.15) is 5.75 Å². The summed E-state index contributed by atoms with van der Waals surface area (Å²) in [6, 6.07) is 15.6. The van der Waals surface area contributed by atoms with E-state index >= 15 is 0 Å². The van der Waals surface area contributed by atoms with Crippen LogP contribution >= 0.6 is 0 Å². The van der Waals surface area contributed by atoms with Crippen molar-refractivity contribution in [2.75, 3.05) is 12.1 Å². The summed E-state index contributed by atoms with van der Waals surface area (Å²) >= 11 is 0. The number of nitrogens with one attached hydrogen (secondary N) is 1. The molecule has 0 unspecified atom stereocenters. The van der Waals surface area contributed by atoms with Crippen molar-refractivity contribution in [2.45, 2.75) is 13.8 Å². The Morgan fingerprint density at radius 3 is 2.61 bits per heavy atom. The zero-order valence-corrected chi connectivity index (χ0v) is 13.4. The summed E-state index contributed by atoms with van der Waals surface area (Å²) in [5, 5.41) is 3.35. The van der Waals surface area contributed by atoms with E-state index in [9.17, 15) is 4.79 Å². The van der Waals surface area contributed by atoms with Crippen molar-refractivity contribution in [3.05, 3.63) is 65.9 Å². The van der Waals surface area contributed by atoms with E-state index in [1.165, 1.54) is 6.92 Å². The molecule has 1 aliphatic heterocycles. The lowest BCUT2D eigenvalue weighted by Crippen LogP contribution is -2.42. The van der Waals surface area contributed by atoms with Crippen LogP contribution in [0.1, 0.15) is 18.1 Å². The first kappa shape index (κ1) is 15.1. The Balaban J connectivity index is 2.02. The van der Waals surface area contributed by atoms with Gasteiger partial charge in [0.25, 0.3) is 0 Å². The van der Waals surface area contributed by atoms with E-state index in [0.29, 0.717) is 0 Å². The number of aryl methyl sites for hydroxylation is 1. The summed E-state index contributed by atoms with van der Waals surface area (Å²) in [6.45, 7) is 3.57. The van der Waals surface area contributed by atoms with Gasteiger partial charge in [-0.15, -0.1) is 5.53 Å². The van der Waals surface area contributed by atoms with Gasteiger partial charge >= 0.3 is 0 Å². The highest BCUT2D eigenvalue weighted by Crippen LogP contribution is 2.29. The highest BCUT2D eigenvalue weighted by Gasteiger charge is 2.26. The molecule has 0 spiro atoms. The molecule has 0 radical (unpaired) electrons. The van der Waals surface area contributed by atoms with E-state index in [4.69, 9.17) is 4.74 Å². The van der Waals surface area contributed by atoms with Gasteiger partial charge in [-0.2, -0.15) is 0 Å². The Bertz CT molecular complexity index is 770. The van der Waals surface area contributed by atoms with Crippen molar-refractivity contribution in [1.82, 2.24) is 10.5 Å². The number of nitrogens with zero attached hydrogens (tertiary/aromatic N) is 2. The fraction of sp³-hybridized carbons (Fsp3) is 0.167. The number of carbonyl (C=O) groups is 1. The second-order valence-corrected chi connectivity index (χ2v) is 5.36. The second kappa shape index (κ2) is 6.14. The third kappa shape index (κ3) is 2.91. The molecule has 1 amide bonds. The number of rotatable bonds is 3. The van der Waals surface area contributed by atoms with Gasteiger partial charge in [0.05, 0.1) is 18.5 Å². The lowest BCUT2D eigenvalue weighted by atomic mass is 10.1. The van der Waals surface area contributed by atoms with Crippen LogP contribution in [0.5, 0.6) is 5.75 Å². The van der Waals surface area contributed by atoms with Gasteiger partial charge in [0.15, 0.2) is 0 Å². The molecule has 5 heteroatoms. The van der Waals surface area contributed by atoms with Gasteiger partial charge in [-0.3, -0.25) is 9.80 Å². The third-order valence-electron chi connectivity index (χ3n) is 3.77. The number of hydrogen-bond donors (Lipinski definition) is 1. The maximum absolute atomic E-state index is 12.0. The van der Waals surface area contributed by atoms with Gasteiger partial charge in [-0.1, -0.05) is 30.3 Å². The summed E-state index contributed by atoms with van der Waals surface area (Å²) in [7, 11) is 1.63. The van der Waals surface area contributed by atoms with Crippen LogP contribution in [0.2, 0.25) is 0 Å². The van der Waals surface area contributed by atoms with Crippen LogP contribution in [0.15, 0.2) is 54.7 Å². The molecule has 0 bridgehead atoms. The van der Waals surface area contributed by atoms with Crippen molar-refractivity contribution in [3.63, 3.8) is 0 Å². The van der Waals surface area contributed by atoms with Crippen molar-refractivity contribution in [3.8, 4) is 5.75 Å². The second-order valence-electron chi connectivity index (χ2n) is 5.36. The molecule has 2 aromatic rings. The predicted molar refractivity (Wildman–Crippen MR) is 90.3 cm³/mol. The van der Waals surface area contributed by atoms with E-state index in [2.05, 4.69) is 5.53 Å². The molecular formula is C18H19N3O2. The Kier molecular flexibility index (Phi) is 4.04. The topological polar surface area (TPSA) is 44.8 Å². The van der Waals surface area contributed by atoms with Crippen molar-refractivity contribution < 1.29 is 9.53 Å². The van der Waals surface area contributed by atoms with E-state index in [1.54, 1.807) is 12.1 Å². The molecule has 5 nitrogen and oxygen atoms in total. The molecule has 23 heavy (non-hydrogen) atoms. The first-order chi connectivity index (χ1) is 11.1. The fourth-order valence-corrected chi connectivity index (χ4v) is 2.55. The van der Waals surface area contributed by atoms with Crippen LogP contribution in [0.4, 0.5) is 5.69 Å². The standard InChI is InChI=1S/C18H19N3O2/c1-13-7-4-5-10-17(13)18-12-20(19-21(18)14(2)22)15-8-6-9-16(11-15)23-3/h4-12,19H,1-3H3. The van der Waals surface area contributed by atoms with Crippen LogP contribution in [0.25, 0.3) is 5.70 Å². The van der Waals surface area contributed by atoms with Crippen molar-refractivity contribution in [2.24, 2.45) is 0 Å². The minimum Gasteiger partial charge on any atom is -0.497 e. The smallest absolute Gasteiger partial charge is 0.239 e. The summed E-state index contributed by atoms with van der Waals surface area (Å²) in [4.78, 5) is 12.0. The Hall–Kier alpha value is -2.79. The maximum Gasteiger partial charge on any atom is 0.239 e. The first-order valence-corrected chi connectivity index (χ1v) is 7.38. The number of hydrogen-bond acceptors (Lipinski definition) is 4. The molecule has 0 aromatic heterocycles. The van der Waals surface area contributed by atoms with Gasteiger partial charge in [0, 0.05) is 24.8 Å². The number of carbonyl (C=O) groups excluding carboxylic acids is 1. The Morgan fingerprint density at radius 2 is 1.91 bits per heavy atom. The van der Waals surface area contributed by atoms with Crippen molar-refractivity contribution >= 4 is 17.3 Å². The number of methoxy groups -OCH3 is 1. The molecule has 2 aromatic carbocycles. The number of hydrazine groups is 2. The van der Waals surface area contributed by atoms with Gasteiger partial charge in [0.2, 0.25) is 5.91 Å². The summed E-state index contributed by atoms with van der Waals surface area (Å²) in [5.41, 5.74) is 6.93. The van der Waals surface area contributed by atoms with Gasteiger partial charge < -0.3 is 4.74 Å². The normalized spacial score (nSPS) is 14.0. The third-order valence-corrected chi connectivity index (χ3v) is 3.77. The number of ether oxygens (including phenoxy) is 1. The monoisotopic (exact) mass is 309 g/mol.